The van der Waals surface area contributed by atoms with Crippen molar-refractivity contribution in [1.29, 1.82) is 5.41 Å². The molecular formula is C23H25ClN4O. The van der Waals surface area contributed by atoms with Crippen molar-refractivity contribution in [3.05, 3.63) is 64.7 Å². The van der Waals surface area contributed by atoms with Gasteiger partial charge in [0.25, 0.3) is 5.91 Å². The van der Waals surface area contributed by atoms with Crippen LogP contribution in [0.5, 0.6) is 0 Å². The number of benzene rings is 2. The van der Waals surface area contributed by atoms with Crippen molar-refractivity contribution in [3.8, 4) is 24.2 Å². The number of nitrogens with zero attached hydrogens (tertiary/aromatic N) is 2. The number of hydrogen-bond donors (Lipinski definition) is 2. The summed E-state index contributed by atoms with van der Waals surface area (Å²) in [7, 11) is 3.62. The summed E-state index contributed by atoms with van der Waals surface area (Å²) in [6.45, 7) is 2.69. The van der Waals surface area contributed by atoms with Gasteiger partial charge in [-0.15, -0.1) is 18.8 Å². The first kappa shape index (κ1) is 23.6. The zero-order valence-electron chi connectivity index (χ0n) is 16.8. The summed E-state index contributed by atoms with van der Waals surface area (Å²) in [4.78, 5) is 15.9. The molecule has 2 aromatic carbocycles. The van der Waals surface area contributed by atoms with E-state index >= 15 is 0 Å². The van der Waals surface area contributed by atoms with Gasteiger partial charge < -0.3 is 15.5 Å². The summed E-state index contributed by atoms with van der Waals surface area (Å²) in [6, 6.07) is 13.0. The molecule has 0 heterocycles. The fraction of sp³-hybridized carbons (Fsp3) is 0.217. The van der Waals surface area contributed by atoms with E-state index in [-0.39, 0.29) is 30.7 Å². The van der Waals surface area contributed by atoms with Gasteiger partial charge in [0.2, 0.25) is 0 Å². The Labute approximate surface area is 178 Å². The van der Waals surface area contributed by atoms with E-state index in [2.05, 4.69) is 17.8 Å². The van der Waals surface area contributed by atoms with Crippen molar-refractivity contribution in [1.82, 2.24) is 4.90 Å². The van der Waals surface area contributed by atoms with E-state index in [0.717, 1.165) is 16.8 Å². The standard InChI is InChI=1S/C23H24N4O.ClH/c1-5-13-27(4)23(28)21-12-11-18(15-17(21)2)8-7-14-26(3)20-10-6-9-19(16-20)22(24)25;/h1,6,9-12,15-16H,13-14H2,2-4H3,(H3,24,25);1H. The van der Waals surface area contributed by atoms with Crippen LogP contribution in [0.15, 0.2) is 42.5 Å². The van der Waals surface area contributed by atoms with Crippen LogP contribution in [0.1, 0.15) is 27.0 Å². The van der Waals surface area contributed by atoms with Crippen molar-refractivity contribution in [2.24, 2.45) is 5.73 Å². The van der Waals surface area contributed by atoms with Gasteiger partial charge in [-0.1, -0.05) is 29.9 Å². The summed E-state index contributed by atoms with van der Waals surface area (Å²) in [5.41, 5.74) is 9.50. The first-order chi connectivity index (χ1) is 13.3. The lowest BCUT2D eigenvalue weighted by Gasteiger charge is -2.17. The molecule has 29 heavy (non-hydrogen) atoms. The topological polar surface area (TPSA) is 73.4 Å². The molecule has 0 spiro atoms. The average Bonchev–Trinajstić information content (AvgIpc) is 2.67. The summed E-state index contributed by atoms with van der Waals surface area (Å²) in [5, 5.41) is 7.54. The Morgan fingerprint density at radius 1 is 1.17 bits per heavy atom. The summed E-state index contributed by atoms with van der Waals surface area (Å²) < 4.78 is 0. The van der Waals surface area contributed by atoms with Gasteiger partial charge in [-0.3, -0.25) is 10.2 Å². The highest BCUT2D eigenvalue weighted by molar-refractivity contribution is 5.96. The molecular weight excluding hydrogens is 384 g/mol. The molecule has 0 atom stereocenters. The molecule has 1 amide bonds. The summed E-state index contributed by atoms with van der Waals surface area (Å²) >= 11 is 0. The largest absolute Gasteiger partial charge is 0.384 e. The lowest BCUT2D eigenvalue weighted by Crippen LogP contribution is -2.27. The van der Waals surface area contributed by atoms with Crippen molar-refractivity contribution < 1.29 is 4.79 Å². The molecule has 6 heteroatoms. The van der Waals surface area contributed by atoms with Crippen LogP contribution >= 0.6 is 12.4 Å². The van der Waals surface area contributed by atoms with Gasteiger partial charge >= 0.3 is 0 Å². The third-order valence-electron chi connectivity index (χ3n) is 4.28. The maximum Gasteiger partial charge on any atom is 0.254 e. The minimum absolute atomic E-state index is 0. The van der Waals surface area contributed by atoms with Crippen LogP contribution in [0.3, 0.4) is 0 Å². The highest BCUT2D eigenvalue weighted by atomic mass is 35.5. The van der Waals surface area contributed by atoms with Gasteiger partial charge in [0.15, 0.2) is 0 Å². The number of amides is 1. The van der Waals surface area contributed by atoms with Crippen molar-refractivity contribution in [2.45, 2.75) is 6.92 Å². The Hall–Kier alpha value is -3.41. The minimum atomic E-state index is -0.0972. The highest BCUT2D eigenvalue weighted by Crippen LogP contribution is 2.15. The summed E-state index contributed by atoms with van der Waals surface area (Å²) in [5.74, 6) is 8.68. The molecule has 0 aliphatic carbocycles. The first-order valence-corrected chi connectivity index (χ1v) is 8.77. The number of rotatable bonds is 5. The number of nitrogen functional groups attached to an aromatic ring is 1. The van der Waals surface area contributed by atoms with E-state index in [9.17, 15) is 4.79 Å². The zero-order valence-corrected chi connectivity index (χ0v) is 17.6. The number of nitrogens with two attached hydrogens (primary N) is 1. The molecule has 0 radical (unpaired) electrons. The van der Waals surface area contributed by atoms with Gasteiger partial charge in [-0.2, -0.15) is 0 Å². The number of anilines is 1. The normalized spacial score (nSPS) is 9.31. The second kappa shape index (κ2) is 10.8. The number of aryl methyl sites for hydroxylation is 1. The number of carbonyl (C=O) groups is 1. The number of carbonyl (C=O) groups excluding carboxylic acids is 1. The van der Waals surface area contributed by atoms with Crippen LogP contribution in [0.2, 0.25) is 0 Å². The lowest BCUT2D eigenvalue weighted by atomic mass is 10.0. The minimum Gasteiger partial charge on any atom is -0.384 e. The molecule has 0 fully saturated rings. The molecule has 0 saturated carbocycles. The van der Waals surface area contributed by atoms with Gasteiger partial charge in [-0.25, -0.2) is 0 Å². The Morgan fingerprint density at radius 2 is 1.90 bits per heavy atom. The Morgan fingerprint density at radius 3 is 2.52 bits per heavy atom. The van der Waals surface area contributed by atoms with E-state index in [1.165, 1.54) is 4.90 Å². The molecule has 2 rings (SSSR count). The molecule has 0 aliphatic heterocycles. The fourth-order valence-corrected chi connectivity index (χ4v) is 2.66. The molecule has 2 aromatic rings. The summed E-state index contributed by atoms with van der Waals surface area (Å²) in [6.07, 6.45) is 5.27. The van der Waals surface area contributed by atoms with E-state index in [0.29, 0.717) is 17.7 Å². The van der Waals surface area contributed by atoms with Gasteiger partial charge in [0.1, 0.15) is 5.84 Å². The van der Waals surface area contributed by atoms with Crippen molar-refractivity contribution in [3.63, 3.8) is 0 Å². The monoisotopic (exact) mass is 408 g/mol. The smallest absolute Gasteiger partial charge is 0.254 e. The van der Waals surface area contributed by atoms with Crippen LogP contribution in [0.25, 0.3) is 0 Å². The Bertz CT molecular complexity index is 998. The van der Waals surface area contributed by atoms with Crippen LogP contribution in [0, 0.1) is 36.5 Å². The SMILES string of the molecule is C#CCN(C)C(=O)c1ccc(C#CCN(C)c2cccc(C(=N)N)c2)cc1C.Cl. The van der Waals surface area contributed by atoms with Gasteiger partial charge in [-0.05, 0) is 42.8 Å². The molecule has 0 bridgehead atoms. The molecule has 0 unspecified atom stereocenters. The predicted octanol–water partition coefficient (Wildman–Crippen LogP) is 2.89. The van der Waals surface area contributed by atoms with E-state index in [4.69, 9.17) is 17.6 Å². The third-order valence-corrected chi connectivity index (χ3v) is 4.28. The number of nitrogens with one attached hydrogen (secondary N) is 1. The Balaban J connectivity index is 0.00000420. The quantitative estimate of drug-likeness (QED) is 0.454. The molecule has 5 nitrogen and oxygen atoms in total. The Kier molecular flexibility index (Phi) is 8.80. The molecule has 0 aliphatic rings. The fourth-order valence-electron chi connectivity index (χ4n) is 2.66. The van der Waals surface area contributed by atoms with Crippen LogP contribution in [0.4, 0.5) is 5.69 Å². The molecule has 0 aromatic heterocycles. The van der Waals surface area contributed by atoms with Gasteiger partial charge in [0, 0.05) is 36.5 Å². The maximum absolute atomic E-state index is 12.4. The molecule has 0 saturated heterocycles. The maximum atomic E-state index is 12.4. The second-order valence-electron chi connectivity index (χ2n) is 6.52. The highest BCUT2D eigenvalue weighted by Gasteiger charge is 2.13. The predicted molar refractivity (Wildman–Crippen MR) is 122 cm³/mol. The van der Waals surface area contributed by atoms with E-state index in [1.54, 1.807) is 19.2 Å². The average molecular weight is 409 g/mol. The number of amidine groups is 1. The van der Waals surface area contributed by atoms with Crippen LogP contribution in [-0.4, -0.2) is 43.8 Å². The first-order valence-electron chi connectivity index (χ1n) is 8.77. The van der Waals surface area contributed by atoms with Crippen LogP contribution in [-0.2, 0) is 0 Å². The zero-order chi connectivity index (χ0) is 20.7. The van der Waals surface area contributed by atoms with Crippen LogP contribution < -0.4 is 10.6 Å². The van der Waals surface area contributed by atoms with Crippen molar-refractivity contribution >= 4 is 29.8 Å². The van der Waals surface area contributed by atoms with E-state index < -0.39 is 0 Å². The number of hydrogen-bond acceptors (Lipinski definition) is 3. The van der Waals surface area contributed by atoms with Crippen molar-refractivity contribution in [2.75, 3.05) is 32.1 Å². The second-order valence-corrected chi connectivity index (χ2v) is 6.52. The molecule has 3 N–H and O–H groups in total. The lowest BCUT2D eigenvalue weighted by molar-refractivity contribution is 0.0812. The van der Waals surface area contributed by atoms with Gasteiger partial charge in [0.05, 0.1) is 13.1 Å². The number of terminal acetylenes is 1. The number of halogens is 1. The molecule has 150 valence electrons. The third kappa shape index (κ3) is 6.31. The van der Waals surface area contributed by atoms with E-state index in [1.807, 2.05) is 49.2 Å².